The van der Waals surface area contributed by atoms with Gasteiger partial charge < -0.3 is 5.11 Å². The van der Waals surface area contributed by atoms with E-state index >= 15 is 0 Å². The van der Waals surface area contributed by atoms with E-state index in [0.717, 1.165) is 36.8 Å². The van der Waals surface area contributed by atoms with Crippen LogP contribution in [-0.2, 0) is 4.79 Å². The number of aliphatic hydroxyl groups excluding tert-OH is 1. The summed E-state index contributed by atoms with van der Waals surface area (Å²) in [6, 6.07) is 0. The van der Waals surface area contributed by atoms with Gasteiger partial charge in [-0.15, -0.1) is 0 Å². The molecule has 0 radical (unpaired) electrons. The van der Waals surface area contributed by atoms with Gasteiger partial charge >= 0.3 is 0 Å². The van der Waals surface area contributed by atoms with Gasteiger partial charge in [-0.1, -0.05) is 34.1 Å². The Morgan fingerprint density at radius 2 is 1.82 bits per heavy atom. The number of rotatable bonds is 0. The zero-order valence-corrected chi connectivity index (χ0v) is 11.3. The quantitative estimate of drug-likeness (QED) is 0.699. The van der Waals surface area contributed by atoms with Gasteiger partial charge in [-0.25, -0.2) is 0 Å². The zero-order valence-electron chi connectivity index (χ0n) is 11.3. The number of aliphatic hydroxyl groups is 1. The van der Waals surface area contributed by atoms with E-state index in [1.807, 2.05) is 13.8 Å². The van der Waals surface area contributed by atoms with Gasteiger partial charge in [0.15, 0.2) is 5.78 Å². The van der Waals surface area contributed by atoms with E-state index in [1.165, 1.54) is 0 Å². The summed E-state index contributed by atoms with van der Waals surface area (Å²) in [7, 11) is 0. The summed E-state index contributed by atoms with van der Waals surface area (Å²) in [5, 5.41) is 10.6. The van der Waals surface area contributed by atoms with E-state index in [-0.39, 0.29) is 16.2 Å². The molecule has 17 heavy (non-hydrogen) atoms. The number of carbonyl (C=O) groups excluding carboxylic acids is 1. The van der Waals surface area contributed by atoms with Crippen molar-refractivity contribution < 1.29 is 9.90 Å². The molecule has 0 spiro atoms. The summed E-state index contributed by atoms with van der Waals surface area (Å²) in [5.74, 6) is 0.291. The minimum absolute atomic E-state index is 0.0768. The first kappa shape index (κ1) is 11.5. The SMILES string of the molecule is CC1(C)CC2=C(C1=O)[C@]1(C)CCC[C@]1(C)[C@H]2O. The molecule has 0 bridgehead atoms. The van der Waals surface area contributed by atoms with Gasteiger partial charge in [-0.3, -0.25) is 4.79 Å². The van der Waals surface area contributed by atoms with E-state index in [9.17, 15) is 9.90 Å². The average molecular weight is 234 g/mol. The molecular weight excluding hydrogens is 212 g/mol. The van der Waals surface area contributed by atoms with Crippen LogP contribution < -0.4 is 0 Å². The monoisotopic (exact) mass is 234 g/mol. The first-order valence-corrected chi connectivity index (χ1v) is 6.70. The summed E-state index contributed by atoms with van der Waals surface area (Å²) < 4.78 is 0. The van der Waals surface area contributed by atoms with Crippen LogP contribution in [0.2, 0.25) is 0 Å². The van der Waals surface area contributed by atoms with Crippen LogP contribution in [0.4, 0.5) is 0 Å². The van der Waals surface area contributed by atoms with Crippen LogP contribution in [0.15, 0.2) is 11.1 Å². The van der Waals surface area contributed by atoms with E-state index in [4.69, 9.17) is 0 Å². The minimum Gasteiger partial charge on any atom is -0.388 e. The van der Waals surface area contributed by atoms with Crippen molar-refractivity contribution in [3.63, 3.8) is 0 Å². The Morgan fingerprint density at radius 3 is 2.47 bits per heavy atom. The Kier molecular flexibility index (Phi) is 1.92. The molecule has 0 saturated heterocycles. The molecule has 0 aromatic carbocycles. The van der Waals surface area contributed by atoms with Crippen LogP contribution >= 0.6 is 0 Å². The summed E-state index contributed by atoms with van der Waals surface area (Å²) in [4.78, 5) is 12.6. The lowest BCUT2D eigenvalue weighted by Crippen LogP contribution is -2.41. The maximum atomic E-state index is 12.6. The van der Waals surface area contributed by atoms with Crippen molar-refractivity contribution >= 4 is 5.78 Å². The van der Waals surface area contributed by atoms with Gasteiger partial charge in [-0.05, 0) is 24.8 Å². The zero-order chi connectivity index (χ0) is 12.6. The van der Waals surface area contributed by atoms with Gasteiger partial charge in [0, 0.05) is 21.8 Å². The Morgan fingerprint density at radius 1 is 1.18 bits per heavy atom. The van der Waals surface area contributed by atoms with Crippen molar-refractivity contribution in [1.29, 1.82) is 0 Å². The summed E-state index contributed by atoms with van der Waals surface area (Å²) >= 11 is 0. The molecule has 94 valence electrons. The standard InChI is InChI=1S/C15H22O2/c1-13(2)8-9-10(12(13)17)14(3)6-5-7-15(14,4)11(9)16/h11,16H,5-8H2,1-4H3/t11-,14-,15+/m0/s1. The maximum Gasteiger partial charge on any atom is 0.165 e. The number of hydrogen-bond acceptors (Lipinski definition) is 2. The largest absolute Gasteiger partial charge is 0.388 e. The summed E-state index contributed by atoms with van der Waals surface area (Å²) in [6.45, 7) is 8.39. The lowest BCUT2D eigenvalue weighted by molar-refractivity contribution is -0.124. The van der Waals surface area contributed by atoms with Crippen molar-refractivity contribution in [2.24, 2.45) is 16.2 Å². The van der Waals surface area contributed by atoms with Gasteiger partial charge in [0.05, 0.1) is 6.10 Å². The molecular formula is C15H22O2. The van der Waals surface area contributed by atoms with Gasteiger partial charge in [-0.2, -0.15) is 0 Å². The molecule has 0 unspecified atom stereocenters. The number of carbonyl (C=O) groups is 1. The molecule has 2 heteroatoms. The highest BCUT2D eigenvalue weighted by Crippen LogP contribution is 2.68. The highest BCUT2D eigenvalue weighted by Gasteiger charge is 2.65. The molecule has 1 fully saturated rings. The molecule has 0 heterocycles. The third kappa shape index (κ3) is 1.04. The minimum atomic E-state index is -0.393. The Bertz CT molecular complexity index is 446. The van der Waals surface area contributed by atoms with Crippen molar-refractivity contribution in [3.8, 4) is 0 Å². The fourth-order valence-corrected chi connectivity index (χ4v) is 4.57. The number of fused-ring (bicyclic) bond motifs is 2. The topological polar surface area (TPSA) is 37.3 Å². The number of allylic oxidation sites excluding steroid dienone is 1. The molecule has 0 aliphatic heterocycles. The van der Waals surface area contributed by atoms with Crippen LogP contribution in [0, 0.1) is 16.2 Å². The Hall–Kier alpha value is -0.630. The molecule has 0 amide bonds. The predicted octanol–water partition coefficient (Wildman–Crippen LogP) is 2.85. The number of hydrogen-bond donors (Lipinski definition) is 1. The molecule has 3 aliphatic rings. The molecule has 3 aliphatic carbocycles. The molecule has 1 N–H and O–H groups in total. The van der Waals surface area contributed by atoms with Crippen LogP contribution in [0.1, 0.15) is 53.4 Å². The second kappa shape index (κ2) is 2.85. The predicted molar refractivity (Wildman–Crippen MR) is 66.5 cm³/mol. The van der Waals surface area contributed by atoms with Crippen LogP contribution in [0.25, 0.3) is 0 Å². The van der Waals surface area contributed by atoms with Crippen LogP contribution in [0.5, 0.6) is 0 Å². The first-order chi connectivity index (χ1) is 7.74. The number of Topliss-reactive ketones (excluding diaryl/α,β-unsaturated/α-hetero) is 1. The Labute approximate surface area is 103 Å². The second-order valence-electron chi connectivity index (χ2n) is 7.30. The van der Waals surface area contributed by atoms with Crippen LogP contribution in [-0.4, -0.2) is 17.0 Å². The Balaban J connectivity index is 2.16. The van der Waals surface area contributed by atoms with Crippen molar-refractivity contribution in [2.45, 2.75) is 59.5 Å². The molecule has 0 aromatic heterocycles. The summed E-state index contributed by atoms with van der Waals surface area (Å²) in [6.07, 6.45) is 3.60. The molecule has 0 aromatic rings. The fourth-order valence-electron chi connectivity index (χ4n) is 4.57. The third-order valence-electron chi connectivity index (χ3n) is 5.91. The normalized spacial score (nSPS) is 47.6. The van der Waals surface area contributed by atoms with Gasteiger partial charge in [0.25, 0.3) is 0 Å². The van der Waals surface area contributed by atoms with Gasteiger partial charge in [0.2, 0.25) is 0 Å². The second-order valence-corrected chi connectivity index (χ2v) is 7.30. The smallest absolute Gasteiger partial charge is 0.165 e. The molecule has 3 atom stereocenters. The van der Waals surface area contributed by atoms with Crippen LogP contribution in [0.3, 0.4) is 0 Å². The molecule has 2 nitrogen and oxygen atoms in total. The highest BCUT2D eigenvalue weighted by molar-refractivity contribution is 6.05. The van der Waals surface area contributed by atoms with E-state index in [2.05, 4.69) is 13.8 Å². The third-order valence-corrected chi connectivity index (χ3v) is 5.91. The summed E-state index contributed by atoms with van der Waals surface area (Å²) in [5.41, 5.74) is 1.59. The van der Waals surface area contributed by atoms with Crippen molar-refractivity contribution in [1.82, 2.24) is 0 Å². The van der Waals surface area contributed by atoms with E-state index < -0.39 is 6.10 Å². The van der Waals surface area contributed by atoms with E-state index in [0.29, 0.717) is 5.78 Å². The molecule has 1 saturated carbocycles. The fraction of sp³-hybridized carbons (Fsp3) is 0.800. The van der Waals surface area contributed by atoms with E-state index in [1.54, 1.807) is 0 Å². The lowest BCUT2D eigenvalue weighted by atomic mass is 9.63. The lowest BCUT2D eigenvalue weighted by Gasteiger charge is -2.41. The number of ketones is 1. The average Bonchev–Trinajstić information content (AvgIpc) is 2.70. The van der Waals surface area contributed by atoms with Crippen molar-refractivity contribution in [2.75, 3.05) is 0 Å². The first-order valence-electron chi connectivity index (χ1n) is 6.70. The highest BCUT2D eigenvalue weighted by atomic mass is 16.3. The van der Waals surface area contributed by atoms with Crippen molar-refractivity contribution in [3.05, 3.63) is 11.1 Å². The van der Waals surface area contributed by atoms with Gasteiger partial charge in [0.1, 0.15) is 0 Å². The maximum absolute atomic E-state index is 12.6. The molecule has 3 rings (SSSR count).